The number of hydrogen-bond donors (Lipinski definition) is 1. The molecular formula is C12H14ClNO2. The van der Waals surface area contributed by atoms with Gasteiger partial charge in [-0.3, -0.25) is 4.79 Å². The lowest BCUT2D eigenvalue weighted by atomic mass is 10.2. The molecule has 3 nitrogen and oxygen atoms in total. The third-order valence-corrected chi connectivity index (χ3v) is 2.83. The van der Waals surface area contributed by atoms with Crippen molar-refractivity contribution in [3.8, 4) is 0 Å². The fourth-order valence-corrected chi connectivity index (χ4v) is 1.83. The molecule has 4 heteroatoms. The molecule has 0 aliphatic carbocycles. The Bertz CT molecular complexity index is 394. The Morgan fingerprint density at radius 1 is 1.56 bits per heavy atom. The molecule has 2 unspecified atom stereocenters. The molecule has 1 N–H and O–H groups in total. The molecule has 16 heavy (non-hydrogen) atoms. The maximum Gasteiger partial charge on any atom is 0.252 e. The number of benzene rings is 1. The molecule has 0 aromatic heterocycles. The van der Waals surface area contributed by atoms with Gasteiger partial charge in [0.1, 0.15) is 0 Å². The van der Waals surface area contributed by atoms with Gasteiger partial charge in [0.2, 0.25) is 0 Å². The van der Waals surface area contributed by atoms with E-state index in [4.69, 9.17) is 16.3 Å². The minimum Gasteiger partial charge on any atom is -0.359 e. The predicted octanol–water partition coefficient (Wildman–Crippen LogP) is 2.13. The first-order valence-electron chi connectivity index (χ1n) is 5.38. The van der Waals surface area contributed by atoms with Gasteiger partial charge in [-0.05, 0) is 24.1 Å². The quantitative estimate of drug-likeness (QED) is 0.818. The van der Waals surface area contributed by atoms with E-state index in [2.05, 4.69) is 5.32 Å². The Labute approximate surface area is 99.7 Å². The fraction of sp³-hybridized carbons (Fsp3) is 0.417. The van der Waals surface area contributed by atoms with Gasteiger partial charge in [-0.25, -0.2) is 0 Å². The highest BCUT2D eigenvalue weighted by atomic mass is 35.5. The lowest BCUT2D eigenvalue weighted by Crippen LogP contribution is -2.28. The van der Waals surface area contributed by atoms with Gasteiger partial charge in [-0.2, -0.15) is 0 Å². The van der Waals surface area contributed by atoms with E-state index in [0.717, 1.165) is 12.0 Å². The molecule has 2 rings (SSSR count). The summed E-state index contributed by atoms with van der Waals surface area (Å²) in [5.74, 6) is -0.0353. The summed E-state index contributed by atoms with van der Waals surface area (Å²) in [5, 5.41) is 3.51. The van der Waals surface area contributed by atoms with Crippen LogP contribution in [0.15, 0.2) is 24.3 Å². The minimum absolute atomic E-state index is 0.0353. The van der Waals surface area contributed by atoms with Crippen LogP contribution in [0.5, 0.6) is 0 Å². The summed E-state index contributed by atoms with van der Waals surface area (Å²) in [5.41, 5.74) is 0.995. The zero-order valence-electron chi connectivity index (χ0n) is 9.07. The number of nitrogens with one attached hydrogen (secondary N) is 1. The minimum atomic E-state index is -0.246. The molecule has 1 aromatic carbocycles. The Morgan fingerprint density at radius 2 is 2.38 bits per heavy atom. The predicted molar refractivity (Wildman–Crippen MR) is 62.3 cm³/mol. The van der Waals surface area contributed by atoms with Gasteiger partial charge in [0.15, 0.2) is 6.10 Å². The molecule has 0 spiro atoms. The van der Waals surface area contributed by atoms with Gasteiger partial charge in [0.25, 0.3) is 5.91 Å². The third-order valence-electron chi connectivity index (χ3n) is 2.60. The van der Waals surface area contributed by atoms with Crippen LogP contribution in [0.25, 0.3) is 0 Å². The van der Waals surface area contributed by atoms with Crippen molar-refractivity contribution < 1.29 is 9.53 Å². The van der Waals surface area contributed by atoms with Crippen molar-refractivity contribution in [2.45, 2.75) is 32.1 Å². The van der Waals surface area contributed by atoms with Crippen molar-refractivity contribution in [2.24, 2.45) is 0 Å². The fourth-order valence-electron chi connectivity index (χ4n) is 1.62. The largest absolute Gasteiger partial charge is 0.359 e. The summed E-state index contributed by atoms with van der Waals surface area (Å²) in [6.07, 6.45) is 0.749. The molecule has 1 saturated heterocycles. The molecule has 1 fully saturated rings. The number of ether oxygens (including phenoxy) is 1. The number of epoxide rings is 1. The second-order valence-corrected chi connectivity index (χ2v) is 4.29. The summed E-state index contributed by atoms with van der Waals surface area (Å²) in [6, 6.07) is 7.44. The van der Waals surface area contributed by atoms with E-state index in [1.165, 1.54) is 0 Å². The summed E-state index contributed by atoms with van der Waals surface area (Å²) < 4.78 is 5.20. The van der Waals surface area contributed by atoms with E-state index in [0.29, 0.717) is 11.6 Å². The van der Waals surface area contributed by atoms with Crippen molar-refractivity contribution in [3.63, 3.8) is 0 Å². The second-order valence-electron chi connectivity index (χ2n) is 3.85. The highest BCUT2D eigenvalue weighted by Crippen LogP contribution is 2.24. The van der Waals surface area contributed by atoms with Crippen LogP contribution in [-0.2, 0) is 16.1 Å². The first-order valence-corrected chi connectivity index (χ1v) is 5.76. The highest BCUT2D eigenvalue weighted by Gasteiger charge is 2.43. The average Bonchev–Trinajstić information content (AvgIpc) is 3.05. The summed E-state index contributed by atoms with van der Waals surface area (Å²) in [6.45, 7) is 2.50. The normalized spacial score (nSPS) is 22.9. The van der Waals surface area contributed by atoms with Crippen LogP contribution in [0.2, 0.25) is 5.02 Å². The highest BCUT2D eigenvalue weighted by molar-refractivity contribution is 6.30. The molecule has 0 radical (unpaired) electrons. The number of rotatable bonds is 4. The van der Waals surface area contributed by atoms with Gasteiger partial charge in [0, 0.05) is 11.6 Å². The number of carbonyl (C=O) groups excluding carboxylic acids is 1. The van der Waals surface area contributed by atoms with E-state index in [9.17, 15) is 4.79 Å². The molecule has 0 saturated carbocycles. The standard InChI is InChI=1S/C12H14ClNO2/c1-2-10-11(16-10)12(15)14-7-8-4-3-5-9(13)6-8/h3-6,10-11H,2,7H2,1H3,(H,14,15). The summed E-state index contributed by atoms with van der Waals surface area (Å²) in [7, 11) is 0. The zero-order valence-corrected chi connectivity index (χ0v) is 9.83. The molecule has 2 atom stereocenters. The Kier molecular flexibility index (Phi) is 3.46. The molecule has 1 aliphatic rings. The van der Waals surface area contributed by atoms with Crippen LogP contribution in [0, 0.1) is 0 Å². The van der Waals surface area contributed by atoms with Crippen LogP contribution < -0.4 is 5.32 Å². The molecule has 1 amide bonds. The number of carbonyl (C=O) groups is 1. The molecule has 86 valence electrons. The summed E-state index contributed by atoms with van der Waals surface area (Å²) in [4.78, 5) is 11.6. The molecular weight excluding hydrogens is 226 g/mol. The van der Waals surface area contributed by atoms with Gasteiger partial charge in [-0.15, -0.1) is 0 Å². The number of halogens is 1. The molecule has 0 bridgehead atoms. The monoisotopic (exact) mass is 239 g/mol. The zero-order chi connectivity index (χ0) is 11.5. The Hall–Kier alpha value is -1.06. The van der Waals surface area contributed by atoms with Crippen LogP contribution in [0.4, 0.5) is 0 Å². The topological polar surface area (TPSA) is 41.6 Å². The van der Waals surface area contributed by atoms with E-state index >= 15 is 0 Å². The lowest BCUT2D eigenvalue weighted by Gasteiger charge is -2.03. The van der Waals surface area contributed by atoms with Crippen molar-refractivity contribution in [1.82, 2.24) is 5.32 Å². The van der Waals surface area contributed by atoms with E-state index in [1.54, 1.807) is 0 Å². The van der Waals surface area contributed by atoms with E-state index in [1.807, 2.05) is 31.2 Å². The Balaban J connectivity index is 1.82. The SMILES string of the molecule is CCC1OC1C(=O)NCc1cccc(Cl)c1. The smallest absolute Gasteiger partial charge is 0.252 e. The molecule has 1 aromatic rings. The van der Waals surface area contributed by atoms with Crippen LogP contribution in [0.1, 0.15) is 18.9 Å². The van der Waals surface area contributed by atoms with Gasteiger partial charge in [0.05, 0.1) is 6.10 Å². The maximum atomic E-state index is 11.6. The third kappa shape index (κ3) is 2.74. The van der Waals surface area contributed by atoms with Gasteiger partial charge >= 0.3 is 0 Å². The van der Waals surface area contributed by atoms with Crippen LogP contribution >= 0.6 is 11.6 Å². The second kappa shape index (κ2) is 4.85. The lowest BCUT2D eigenvalue weighted by molar-refractivity contribution is -0.122. The molecule has 1 aliphatic heterocycles. The Morgan fingerprint density at radius 3 is 3.00 bits per heavy atom. The van der Waals surface area contributed by atoms with Gasteiger partial charge in [-0.1, -0.05) is 30.7 Å². The summed E-state index contributed by atoms with van der Waals surface area (Å²) >= 11 is 5.84. The number of hydrogen-bond acceptors (Lipinski definition) is 2. The maximum absolute atomic E-state index is 11.6. The number of amides is 1. The van der Waals surface area contributed by atoms with Crippen molar-refractivity contribution >= 4 is 17.5 Å². The molecule has 1 heterocycles. The van der Waals surface area contributed by atoms with E-state index < -0.39 is 0 Å². The van der Waals surface area contributed by atoms with Crippen LogP contribution in [-0.4, -0.2) is 18.1 Å². The van der Waals surface area contributed by atoms with Crippen LogP contribution in [0.3, 0.4) is 0 Å². The van der Waals surface area contributed by atoms with Crippen molar-refractivity contribution in [2.75, 3.05) is 0 Å². The van der Waals surface area contributed by atoms with Gasteiger partial charge < -0.3 is 10.1 Å². The first-order chi connectivity index (χ1) is 7.70. The first kappa shape index (κ1) is 11.4. The van der Waals surface area contributed by atoms with E-state index in [-0.39, 0.29) is 18.1 Å². The average molecular weight is 240 g/mol. The van der Waals surface area contributed by atoms with Crippen molar-refractivity contribution in [1.29, 1.82) is 0 Å². The van der Waals surface area contributed by atoms with Crippen molar-refractivity contribution in [3.05, 3.63) is 34.9 Å².